The zero-order chi connectivity index (χ0) is 18.5. The summed E-state index contributed by atoms with van der Waals surface area (Å²) < 4.78 is 0. The molecule has 0 aromatic heterocycles. The second-order valence-corrected chi connectivity index (χ2v) is 7.67. The fourth-order valence-corrected chi connectivity index (χ4v) is 3.96. The molecule has 1 unspecified atom stereocenters. The largest absolute Gasteiger partial charge is 0.368 e. The van der Waals surface area contributed by atoms with Crippen LogP contribution in [0.2, 0.25) is 0 Å². The molecule has 0 aromatic carbocycles. The second kappa shape index (κ2) is 12.9. The van der Waals surface area contributed by atoms with Gasteiger partial charge in [0.2, 0.25) is 23.6 Å². The molecule has 0 saturated heterocycles. The van der Waals surface area contributed by atoms with Crippen molar-refractivity contribution in [2.24, 2.45) is 11.5 Å². The fourth-order valence-electron chi connectivity index (χ4n) is 1.61. The Bertz CT molecular complexity index is 408. The van der Waals surface area contributed by atoms with Crippen LogP contribution in [-0.4, -0.2) is 47.2 Å². The van der Waals surface area contributed by atoms with Crippen LogP contribution in [0.1, 0.15) is 39.5 Å². The van der Waals surface area contributed by atoms with Crippen molar-refractivity contribution in [3.63, 3.8) is 0 Å². The lowest BCUT2D eigenvalue weighted by Crippen LogP contribution is -2.46. The van der Waals surface area contributed by atoms with Crippen molar-refractivity contribution in [2.75, 3.05) is 11.5 Å². The first-order valence-corrected chi connectivity index (χ1v) is 10.2. The maximum Gasteiger partial charge on any atom is 0.240 e. The molecule has 0 aliphatic carbocycles. The van der Waals surface area contributed by atoms with Gasteiger partial charge in [-0.3, -0.25) is 19.2 Å². The maximum atomic E-state index is 11.5. The smallest absolute Gasteiger partial charge is 0.240 e. The Balaban J connectivity index is 4.28. The molecule has 0 aliphatic rings. The van der Waals surface area contributed by atoms with Crippen LogP contribution in [0.25, 0.3) is 0 Å². The van der Waals surface area contributed by atoms with Crippen LogP contribution in [0.5, 0.6) is 0 Å². The van der Waals surface area contributed by atoms with E-state index in [0.717, 1.165) is 0 Å². The number of hydrogen-bond donors (Lipinski definition) is 4. The Morgan fingerprint density at radius 3 is 1.38 bits per heavy atom. The first-order valence-electron chi connectivity index (χ1n) is 7.73. The molecular weight excluding hydrogens is 352 g/mol. The van der Waals surface area contributed by atoms with E-state index in [4.69, 9.17) is 11.5 Å². The Morgan fingerprint density at radius 2 is 1.12 bits per heavy atom. The fraction of sp³-hybridized carbons (Fsp3) is 0.714. The van der Waals surface area contributed by atoms with E-state index in [2.05, 4.69) is 10.6 Å². The van der Waals surface area contributed by atoms with Crippen molar-refractivity contribution in [1.82, 2.24) is 10.6 Å². The monoisotopic (exact) mass is 378 g/mol. The van der Waals surface area contributed by atoms with E-state index >= 15 is 0 Å². The van der Waals surface area contributed by atoms with E-state index in [1.807, 2.05) is 13.8 Å². The average molecular weight is 379 g/mol. The highest BCUT2D eigenvalue weighted by molar-refractivity contribution is 8.76. The van der Waals surface area contributed by atoms with Gasteiger partial charge >= 0.3 is 0 Å². The average Bonchev–Trinajstić information content (AvgIpc) is 2.49. The summed E-state index contributed by atoms with van der Waals surface area (Å²) in [6.07, 6.45) is 2.01. The van der Waals surface area contributed by atoms with Gasteiger partial charge in [0.05, 0.1) is 0 Å². The zero-order valence-electron chi connectivity index (χ0n) is 14.0. The molecule has 0 radical (unpaired) electrons. The number of primary amides is 2. The lowest BCUT2D eigenvalue weighted by atomic mass is 10.2. The molecular formula is C14H26N4O4S2. The van der Waals surface area contributed by atoms with Gasteiger partial charge in [0.25, 0.3) is 0 Å². The molecule has 0 saturated carbocycles. The maximum absolute atomic E-state index is 11.5. The molecule has 0 aliphatic heterocycles. The molecule has 6 N–H and O–H groups in total. The molecule has 0 aromatic rings. The van der Waals surface area contributed by atoms with Crippen molar-refractivity contribution in [2.45, 2.75) is 51.6 Å². The number of nitrogens with two attached hydrogens (primary N) is 2. The van der Waals surface area contributed by atoms with E-state index in [1.54, 1.807) is 0 Å². The molecule has 0 rings (SSSR count). The van der Waals surface area contributed by atoms with E-state index in [0.29, 0.717) is 25.7 Å². The molecule has 8 nitrogen and oxygen atoms in total. The minimum atomic E-state index is -0.775. The first kappa shape index (κ1) is 22.6. The molecule has 0 spiro atoms. The quantitative estimate of drug-likeness (QED) is 0.260. The van der Waals surface area contributed by atoms with Crippen LogP contribution < -0.4 is 22.1 Å². The molecule has 0 bridgehead atoms. The number of hydrogen-bond acceptors (Lipinski definition) is 6. The van der Waals surface area contributed by atoms with Gasteiger partial charge in [0.15, 0.2) is 0 Å². The standard InChI is InChI=1S/C14H26N4O4S2/c1-3-5-11(19)17-9(13(15)21)7-23-24-8-10(14(16)22)18-12(20)6-4-2/h9-10H,3-8H2,1-2H3,(H2,15,21)(H2,16,22)(H,17,19)(H,18,20)/t9-,10?/m0/s1. The van der Waals surface area contributed by atoms with E-state index in [-0.39, 0.29) is 23.3 Å². The van der Waals surface area contributed by atoms with Gasteiger partial charge < -0.3 is 22.1 Å². The van der Waals surface area contributed by atoms with Crippen molar-refractivity contribution in [3.05, 3.63) is 0 Å². The van der Waals surface area contributed by atoms with Gasteiger partial charge in [-0.05, 0) is 12.8 Å². The molecule has 10 heteroatoms. The summed E-state index contributed by atoms with van der Waals surface area (Å²) in [5.41, 5.74) is 10.5. The first-order chi connectivity index (χ1) is 11.3. The van der Waals surface area contributed by atoms with Gasteiger partial charge in [-0.1, -0.05) is 35.4 Å². The minimum absolute atomic E-state index is 0.228. The van der Waals surface area contributed by atoms with Crippen LogP contribution in [-0.2, 0) is 19.2 Å². The molecule has 0 heterocycles. The Labute approximate surface area is 150 Å². The molecule has 4 amide bonds. The molecule has 138 valence electrons. The normalized spacial score (nSPS) is 12.9. The highest BCUT2D eigenvalue weighted by atomic mass is 33.1. The van der Waals surface area contributed by atoms with Crippen LogP contribution >= 0.6 is 21.6 Å². The Morgan fingerprint density at radius 1 is 0.792 bits per heavy atom. The van der Waals surface area contributed by atoms with Gasteiger partial charge in [-0.2, -0.15) is 0 Å². The highest BCUT2D eigenvalue weighted by Crippen LogP contribution is 2.23. The number of carbonyl (C=O) groups is 4. The molecule has 2 atom stereocenters. The van der Waals surface area contributed by atoms with Crippen LogP contribution in [0.15, 0.2) is 0 Å². The summed E-state index contributed by atoms with van der Waals surface area (Å²) in [4.78, 5) is 45.7. The summed E-state index contributed by atoms with van der Waals surface area (Å²) in [6.45, 7) is 3.72. The lowest BCUT2D eigenvalue weighted by molar-refractivity contribution is -0.126. The van der Waals surface area contributed by atoms with Crippen molar-refractivity contribution >= 4 is 45.2 Å². The third-order valence-electron chi connectivity index (χ3n) is 2.86. The van der Waals surface area contributed by atoms with Crippen LogP contribution in [0.4, 0.5) is 0 Å². The van der Waals surface area contributed by atoms with Gasteiger partial charge in [0.1, 0.15) is 12.1 Å². The number of carbonyl (C=O) groups excluding carboxylic acids is 4. The number of nitrogens with one attached hydrogen (secondary N) is 2. The second-order valence-electron chi connectivity index (χ2n) is 5.11. The number of amides is 4. The topological polar surface area (TPSA) is 144 Å². The summed E-state index contributed by atoms with van der Waals surface area (Å²) in [5.74, 6) is -1.15. The highest BCUT2D eigenvalue weighted by Gasteiger charge is 2.20. The third-order valence-corrected chi connectivity index (χ3v) is 5.29. The number of rotatable bonds is 13. The van der Waals surface area contributed by atoms with Crippen molar-refractivity contribution < 1.29 is 19.2 Å². The van der Waals surface area contributed by atoms with Crippen molar-refractivity contribution in [3.8, 4) is 0 Å². The summed E-state index contributed by atoms with van der Waals surface area (Å²) >= 11 is 0. The third kappa shape index (κ3) is 10.4. The predicted octanol–water partition coefficient (Wildman–Crippen LogP) is -0.0918. The van der Waals surface area contributed by atoms with E-state index in [1.165, 1.54) is 21.6 Å². The van der Waals surface area contributed by atoms with E-state index < -0.39 is 23.9 Å². The van der Waals surface area contributed by atoms with Gasteiger partial charge in [-0.25, -0.2) is 0 Å². The molecule has 0 fully saturated rings. The lowest BCUT2D eigenvalue weighted by Gasteiger charge is -2.17. The van der Waals surface area contributed by atoms with Crippen molar-refractivity contribution in [1.29, 1.82) is 0 Å². The van der Waals surface area contributed by atoms with E-state index in [9.17, 15) is 19.2 Å². The minimum Gasteiger partial charge on any atom is -0.368 e. The van der Waals surface area contributed by atoms with Crippen LogP contribution in [0, 0.1) is 0 Å². The van der Waals surface area contributed by atoms with Gasteiger partial charge in [-0.15, -0.1) is 0 Å². The zero-order valence-corrected chi connectivity index (χ0v) is 15.6. The summed E-state index contributed by atoms with van der Waals surface area (Å²) in [6, 6.07) is -1.55. The Kier molecular flexibility index (Phi) is 12.2. The summed E-state index contributed by atoms with van der Waals surface area (Å²) in [5, 5.41) is 5.14. The van der Waals surface area contributed by atoms with Crippen LogP contribution in [0.3, 0.4) is 0 Å². The summed E-state index contributed by atoms with van der Waals surface area (Å²) in [7, 11) is 2.56. The predicted molar refractivity (Wildman–Crippen MR) is 97.0 cm³/mol. The molecule has 24 heavy (non-hydrogen) atoms. The van der Waals surface area contributed by atoms with Gasteiger partial charge in [0, 0.05) is 24.3 Å². The SMILES string of the molecule is CCCC(=O)NC(CSSC[C@H](NC(=O)CCC)C(N)=O)C(N)=O. The Hall–Kier alpha value is -1.42.